The van der Waals surface area contributed by atoms with Crippen LogP contribution in [0.4, 0.5) is 5.69 Å². The summed E-state index contributed by atoms with van der Waals surface area (Å²) in [6.45, 7) is 4.04. The van der Waals surface area contributed by atoms with Gasteiger partial charge in [-0.25, -0.2) is 0 Å². The highest BCUT2D eigenvalue weighted by Crippen LogP contribution is 2.61. The van der Waals surface area contributed by atoms with Crippen molar-refractivity contribution in [2.24, 2.45) is 22.4 Å². The van der Waals surface area contributed by atoms with Crippen LogP contribution in [0.2, 0.25) is 0 Å². The Labute approximate surface area is 208 Å². The summed E-state index contributed by atoms with van der Waals surface area (Å²) in [5.41, 5.74) is 2.91. The van der Waals surface area contributed by atoms with Crippen LogP contribution < -0.4 is 0 Å². The number of fused-ring (bicyclic) bond motifs is 5. The maximum Gasteiger partial charge on any atom is 0.303 e. The minimum absolute atomic E-state index is 0.0286. The van der Waals surface area contributed by atoms with Gasteiger partial charge in [0.25, 0.3) is 0 Å². The topological polar surface area (TPSA) is 105 Å². The van der Waals surface area contributed by atoms with E-state index in [9.17, 15) is 14.8 Å². The van der Waals surface area contributed by atoms with E-state index in [-0.39, 0.29) is 30.0 Å². The van der Waals surface area contributed by atoms with E-state index in [1.165, 1.54) is 11.1 Å². The summed E-state index contributed by atoms with van der Waals surface area (Å²) < 4.78 is 12.3. The highest BCUT2D eigenvalue weighted by atomic mass is 16.5. The number of hydrogen-bond acceptors (Lipinski definition) is 6. The minimum Gasteiger partial charge on any atom is -0.481 e. The van der Waals surface area contributed by atoms with Gasteiger partial charge in [-0.1, -0.05) is 32.3 Å². The molecule has 2 fully saturated rings. The molecule has 1 aromatic rings. The number of aliphatic hydroxyl groups is 1. The monoisotopic (exact) mass is 487 g/mol. The summed E-state index contributed by atoms with van der Waals surface area (Å²) in [5, 5.41) is 22.7. The Morgan fingerprint density at radius 3 is 2.69 bits per heavy atom. The number of unbranched alkanes of at least 4 members (excludes halogenated alkanes) is 4. The maximum absolute atomic E-state index is 11.1. The Balaban J connectivity index is 1.30. The number of aliphatic hydroxyl groups excluding tert-OH is 1. The molecule has 194 valence electrons. The second-order valence-electron chi connectivity index (χ2n) is 11.0. The molecule has 0 bridgehead atoms. The van der Waals surface area contributed by atoms with Gasteiger partial charge in [0.15, 0.2) is 0 Å². The first kappa shape index (κ1) is 26.2. The zero-order valence-corrected chi connectivity index (χ0v) is 21.0. The number of carboxylic acid groups (broad SMARTS) is 1. The Morgan fingerprint density at radius 2 is 1.89 bits per heavy atom. The van der Waals surface area contributed by atoms with Gasteiger partial charge in [0.2, 0.25) is 0 Å². The fourth-order valence-corrected chi connectivity index (χ4v) is 7.18. The third-order valence-electron chi connectivity index (χ3n) is 8.96. The average molecular weight is 488 g/mol. The summed E-state index contributed by atoms with van der Waals surface area (Å²) in [5.74, 6) is 0.559. The SMILES string of the molecule is CC12CC(OCCOCCCCCCCC(=O)O)[C@@H]3c4ccc(N=O)cc4CCC3C1CCC2O. The number of rotatable bonds is 13. The van der Waals surface area contributed by atoms with Crippen molar-refractivity contribution in [1.82, 2.24) is 0 Å². The van der Waals surface area contributed by atoms with E-state index in [4.69, 9.17) is 14.6 Å². The van der Waals surface area contributed by atoms with Gasteiger partial charge in [-0.05, 0) is 90.6 Å². The molecule has 6 atom stereocenters. The Kier molecular flexibility index (Phi) is 8.95. The fourth-order valence-electron chi connectivity index (χ4n) is 7.18. The van der Waals surface area contributed by atoms with Crippen LogP contribution in [-0.4, -0.2) is 48.2 Å². The van der Waals surface area contributed by atoms with Crippen molar-refractivity contribution in [2.45, 2.75) is 95.7 Å². The molecule has 0 saturated heterocycles. The predicted molar refractivity (Wildman–Crippen MR) is 134 cm³/mol. The normalized spacial score (nSPS) is 31.4. The van der Waals surface area contributed by atoms with Crippen molar-refractivity contribution in [1.29, 1.82) is 0 Å². The van der Waals surface area contributed by atoms with Crippen LogP contribution >= 0.6 is 0 Å². The standard InChI is InChI=1S/C28H41NO6/c1-28-18-24(35-16-15-34-14-6-4-2-3-5-7-26(31)32)27-21-11-9-20(29-33)17-19(21)8-10-22(27)23(28)12-13-25(28)30/h9,11,17,22-25,27,30H,2-8,10,12-16,18H2,1H3,(H,31,32)/t22?,23?,24?,25?,27-,28?/m1/s1. The number of aryl methyl sites for hydroxylation is 1. The molecule has 1 aromatic carbocycles. The molecule has 0 aromatic heterocycles. The van der Waals surface area contributed by atoms with E-state index in [1.54, 1.807) is 0 Å². The van der Waals surface area contributed by atoms with Crippen molar-refractivity contribution >= 4 is 11.7 Å². The summed E-state index contributed by atoms with van der Waals surface area (Å²) in [6, 6.07) is 5.85. The van der Waals surface area contributed by atoms with Gasteiger partial charge in [0, 0.05) is 18.9 Å². The molecule has 0 radical (unpaired) electrons. The number of nitroso groups, excluding NO2 is 1. The molecule has 0 aliphatic heterocycles. The molecule has 0 spiro atoms. The van der Waals surface area contributed by atoms with Crippen molar-refractivity contribution < 1.29 is 24.5 Å². The number of nitrogens with zero attached hydrogens (tertiary/aromatic N) is 1. The van der Waals surface area contributed by atoms with Crippen molar-refractivity contribution in [3.8, 4) is 0 Å². The van der Waals surface area contributed by atoms with Crippen LogP contribution in [0.3, 0.4) is 0 Å². The number of benzene rings is 1. The molecule has 7 heteroatoms. The van der Waals surface area contributed by atoms with E-state index >= 15 is 0 Å². The van der Waals surface area contributed by atoms with E-state index < -0.39 is 5.97 Å². The molecule has 0 heterocycles. The summed E-state index contributed by atoms with van der Waals surface area (Å²) in [7, 11) is 0. The Hall–Kier alpha value is -1.83. The lowest BCUT2D eigenvalue weighted by atomic mass is 9.54. The maximum atomic E-state index is 11.1. The molecule has 7 nitrogen and oxygen atoms in total. The summed E-state index contributed by atoms with van der Waals surface area (Å²) >= 11 is 0. The summed E-state index contributed by atoms with van der Waals surface area (Å²) in [4.78, 5) is 21.6. The molecule has 4 rings (SSSR count). The van der Waals surface area contributed by atoms with Crippen LogP contribution in [0, 0.1) is 22.2 Å². The lowest BCUT2D eigenvalue weighted by Gasteiger charge is -2.53. The largest absolute Gasteiger partial charge is 0.481 e. The Bertz CT molecular complexity index is 875. The highest BCUT2D eigenvalue weighted by Gasteiger charge is 2.58. The van der Waals surface area contributed by atoms with Crippen molar-refractivity contribution in [3.05, 3.63) is 34.2 Å². The molecule has 2 N–H and O–H groups in total. The zero-order valence-electron chi connectivity index (χ0n) is 21.0. The predicted octanol–water partition coefficient (Wildman–Crippen LogP) is 5.74. The number of ether oxygens (including phenoxy) is 2. The number of aliphatic carboxylic acids is 1. The van der Waals surface area contributed by atoms with E-state index in [2.05, 4.69) is 18.2 Å². The van der Waals surface area contributed by atoms with Crippen LogP contribution in [-0.2, 0) is 20.7 Å². The molecule has 5 unspecified atom stereocenters. The van der Waals surface area contributed by atoms with Gasteiger partial charge < -0.3 is 19.7 Å². The third kappa shape index (κ3) is 5.95. The van der Waals surface area contributed by atoms with Crippen molar-refractivity contribution in [2.75, 3.05) is 19.8 Å². The average Bonchev–Trinajstić information content (AvgIpc) is 3.15. The number of carbonyl (C=O) groups is 1. The molecular formula is C28H41NO6. The molecule has 3 aliphatic carbocycles. The lowest BCUT2D eigenvalue weighted by Crippen LogP contribution is -2.51. The quantitative estimate of drug-likeness (QED) is 0.272. The van der Waals surface area contributed by atoms with Crippen LogP contribution in [0.1, 0.15) is 88.2 Å². The third-order valence-corrected chi connectivity index (χ3v) is 8.96. The number of hydrogen-bond donors (Lipinski definition) is 2. The van der Waals surface area contributed by atoms with Crippen molar-refractivity contribution in [3.63, 3.8) is 0 Å². The second-order valence-corrected chi connectivity index (χ2v) is 11.0. The van der Waals surface area contributed by atoms with E-state index in [0.29, 0.717) is 37.3 Å². The van der Waals surface area contributed by atoms with E-state index in [1.807, 2.05) is 12.1 Å². The van der Waals surface area contributed by atoms with Gasteiger partial charge in [-0.3, -0.25) is 4.79 Å². The molecular weight excluding hydrogens is 446 g/mol. The van der Waals surface area contributed by atoms with Gasteiger partial charge in [0.1, 0.15) is 5.69 Å². The van der Waals surface area contributed by atoms with E-state index in [0.717, 1.165) is 64.2 Å². The Morgan fingerprint density at radius 1 is 1.09 bits per heavy atom. The first-order valence-electron chi connectivity index (χ1n) is 13.5. The van der Waals surface area contributed by atoms with Crippen LogP contribution in [0.15, 0.2) is 23.4 Å². The zero-order chi connectivity index (χ0) is 24.8. The van der Waals surface area contributed by atoms with Gasteiger partial charge in [-0.2, -0.15) is 0 Å². The van der Waals surface area contributed by atoms with Gasteiger partial charge in [0.05, 0.1) is 25.4 Å². The first-order chi connectivity index (χ1) is 16.9. The lowest BCUT2D eigenvalue weighted by molar-refractivity contribution is -0.137. The van der Waals surface area contributed by atoms with Gasteiger partial charge in [-0.15, -0.1) is 4.91 Å². The first-order valence-corrected chi connectivity index (χ1v) is 13.5. The smallest absolute Gasteiger partial charge is 0.303 e. The van der Waals surface area contributed by atoms with Crippen LogP contribution in [0.25, 0.3) is 0 Å². The second kappa shape index (κ2) is 11.9. The van der Waals surface area contributed by atoms with Gasteiger partial charge >= 0.3 is 5.97 Å². The molecule has 35 heavy (non-hydrogen) atoms. The molecule has 3 aliphatic rings. The highest BCUT2D eigenvalue weighted by molar-refractivity contribution is 5.66. The number of carboxylic acids is 1. The van der Waals surface area contributed by atoms with Crippen LogP contribution in [0.5, 0.6) is 0 Å². The molecule has 0 amide bonds. The fraction of sp³-hybridized carbons (Fsp3) is 0.750. The minimum atomic E-state index is -0.719. The molecule has 2 saturated carbocycles. The summed E-state index contributed by atoms with van der Waals surface area (Å²) in [6.07, 6.45) is 9.62.